The van der Waals surface area contributed by atoms with Crippen LogP contribution in [0.1, 0.15) is 5.56 Å². The number of aryl methyl sites for hydroxylation is 1. The molecule has 1 aliphatic rings. The molecule has 2 rings (SSSR count). The predicted octanol–water partition coefficient (Wildman–Crippen LogP) is 0.666. The Morgan fingerprint density at radius 2 is 2.29 bits per heavy atom. The van der Waals surface area contributed by atoms with Crippen LogP contribution in [0.3, 0.4) is 0 Å². The number of rotatable bonds is 2. The molecule has 1 fully saturated rings. The quantitative estimate of drug-likeness (QED) is 0.762. The van der Waals surface area contributed by atoms with Crippen LogP contribution in [0.2, 0.25) is 0 Å². The van der Waals surface area contributed by atoms with E-state index in [-0.39, 0.29) is 24.2 Å². The maximum atomic E-state index is 10.7. The van der Waals surface area contributed by atoms with E-state index in [9.17, 15) is 4.79 Å². The third-order valence-corrected chi connectivity index (χ3v) is 2.44. The summed E-state index contributed by atoms with van der Waals surface area (Å²) in [4.78, 5) is 16.0. The number of nitrogens with two attached hydrogens (primary N) is 1. The highest BCUT2D eigenvalue weighted by Gasteiger charge is 2.31. The molecular weight excluding hydrogens is 202 g/mol. The van der Waals surface area contributed by atoms with Gasteiger partial charge in [0.2, 0.25) is 5.91 Å². The Morgan fingerprint density at radius 1 is 1.64 bits per heavy atom. The number of aromatic amines is 1. The fraction of sp³-hybridized carbons (Fsp3) is 0.444. The Balaban J connectivity index is 0.000000980. The molecule has 0 aromatic carbocycles. The highest BCUT2D eigenvalue weighted by atomic mass is 35.5. The molecule has 0 bridgehead atoms. The Hall–Kier alpha value is -1.16. The summed E-state index contributed by atoms with van der Waals surface area (Å²) in [5, 5.41) is 0. The third kappa shape index (κ3) is 1.85. The number of carbonyl (C=O) groups is 1. The number of H-pyrrole nitrogens is 1. The van der Waals surface area contributed by atoms with Gasteiger partial charge in [-0.25, -0.2) is 0 Å². The van der Waals surface area contributed by atoms with Crippen LogP contribution in [0.5, 0.6) is 0 Å². The molecule has 2 heterocycles. The summed E-state index contributed by atoms with van der Waals surface area (Å²) < 4.78 is 0. The first-order chi connectivity index (χ1) is 6.16. The van der Waals surface area contributed by atoms with E-state index >= 15 is 0 Å². The molecule has 0 radical (unpaired) electrons. The van der Waals surface area contributed by atoms with E-state index in [1.807, 2.05) is 13.1 Å². The first kappa shape index (κ1) is 10.9. The average Bonchev–Trinajstić information content (AvgIpc) is 2.31. The van der Waals surface area contributed by atoms with E-state index < -0.39 is 0 Å². The van der Waals surface area contributed by atoms with Crippen molar-refractivity contribution in [3.8, 4) is 0 Å². The normalized spacial score (nSPS) is 15.9. The largest absolute Gasteiger partial charge is 0.369 e. The van der Waals surface area contributed by atoms with E-state index in [0.717, 1.165) is 18.9 Å². The van der Waals surface area contributed by atoms with Gasteiger partial charge in [0, 0.05) is 19.3 Å². The lowest BCUT2D eigenvalue weighted by Crippen LogP contribution is -2.52. The van der Waals surface area contributed by atoms with Crippen molar-refractivity contribution in [1.82, 2.24) is 4.98 Å². The summed E-state index contributed by atoms with van der Waals surface area (Å²) in [5.74, 6) is 0.915. The molecule has 1 aliphatic heterocycles. The molecule has 78 valence electrons. The number of nitrogens with zero attached hydrogens (tertiary/aromatic N) is 1. The third-order valence-electron chi connectivity index (χ3n) is 2.44. The van der Waals surface area contributed by atoms with Crippen LogP contribution in [0.25, 0.3) is 0 Å². The lowest BCUT2D eigenvalue weighted by Gasteiger charge is -2.38. The molecule has 4 nitrogen and oxygen atoms in total. The van der Waals surface area contributed by atoms with Gasteiger partial charge in [0.05, 0.1) is 5.92 Å². The van der Waals surface area contributed by atoms with Crippen molar-refractivity contribution in [3.63, 3.8) is 0 Å². The van der Waals surface area contributed by atoms with Crippen molar-refractivity contribution >= 4 is 24.1 Å². The second-order valence-electron chi connectivity index (χ2n) is 3.57. The van der Waals surface area contributed by atoms with E-state index in [0.29, 0.717) is 0 Å². The predicted molar refractivity (Wildman–Crippen MR) is 57.7 cm³/mol. The zero-order valence-corrected chi connectivity index (χ0v) is 8.80. The van der Waals surface area contributed by atoms with Gasteiger partial charge in [0.15, 0.2) is 0 Å². The number of carbonyl (C=O) groups excluding carboxylic acids is 1. The van der Waals surface area contributed by atoms with Crippen molar-refractivity contribution in [2.45, 2.75) is 6.92 Å². The zero-order chi connectivity index (χ0) is 9.42. The van der Waals surface area contributed by atoms with Gasteiger partial charge >= 0.3 is 0 Å². The Bertz CT molecular complexity index is 331. The van der Waals surface area contributed by atoms with Crippen LogP contribution in [0.4, 0.5) is 5.82 Å². The maximum Gasteiger partial charge on any atom is 0.224 e. The number of aromatic nitrogens is 1. The summed E-state index contributed by atoms with van der Waals surface area (Å²) >= 11 is 0. The maximum absolute atomic E-state index is 10.7. The van der Waals surface area contributed by atoms with Gasteiger partial charge in [-0.2, -0.15) is 0 Å². The molecular formula is C9H14ClN3O. The van der Waals surface area contributed by atoms with Crippen LogP contribution in [-0.4, -0.2) is 24.0 Å². The van der Waals surface area contributed by atoms with E-state index in [2.05, 4.69) is 16.0 Å². The summed E-state index contributed by atoms with van der Waals surface area (Å²) in [5.41, 5.74) is 6.37. The second-order valence-corrected chi connectivity index (χ2v) is 3.57. The Kier molecular flexibility index (Phi) is 3.06. The molecule has 0 atom stereocenters. The molecule has 14 heavy (non-hydrogen) atoms. The lowest BCUT2D eigenvalue weighted by molar-refractivity contribution is -0.122. The van der Waals surface area contributed by atoms with Gasteiger partial charge < -0.3 is 15.6 Å². The highest BCUT2D eigenvalue weighted by Crippen LogP contribution is 2.23. The first-order valence-corrected chi connectivity index (χ1v) is 4.36. The van der Waals surface area contributed by atoms with Crippen LogP contribution >= 0.6 is 12.4 Å². The first-order valence-electron chi connectivity index (χ1n) is 4.36. The zero-order valence-electron chi connectivity index (χ0n) is 7.99. The number of halogens is 1. The minimum absolute atomic E-state index is 0. The average molecular weight is 216 g/mol. The SMILES string of the molecule is Cc1c[nH]c(N2CC(C(N)=O)C2)c1.Cl. The summed E-state index contributed by atoms with van der Waals surface area (Å²) in [6.45, 7) is 3.52. The van der Waals surface area contributed by atoms with E-state index in [4.69, 9.17) is 5.73 Å². The number of nitrogens with one attached hydrogen (secondary N) is 1. The monoisotopic (exact) mass is 215 g/mol. The number of hydrogen-bond acceptors (Lipinski definition) is 2. The molecule has 0 spiro atoms. The Morgan fingerprint density at radius 3 is 2.71 bits per heavy atom. The molecule has 3 N–H and O–H groups in total. The number of hydrogen-bond donors (Lipinski definition) is 2. The van der Waals surface area contributed by atoms with Gasteiger partial charge in [0.1, 0.15) is 5.82 Å². The molecule has 1 aromatic rings. The molecule has 1 aromatic heterocycles. The molecule has 1 saturated heterocycles. The molecule has 1 amide bonds. The fourth-order valence-electron chi connectivity index (χ4n) is 1.52. The van der Waals surface area contributed by atoms with Gasteiger partial charge in [-0.1, -0.05) is 0 Å². The van der Waals surface area contributed by atoms with Crippen molar-refractivity contribution in [2.75, 3.05) is 18.0 Å². The van der Waals surface area contributed by atoms with E-state index in [1.54, 1.807) is 0 Å². The summed E-state index contributed by atoms with van der Waals surface area (Å²) in [6.07, 6.45) is 1.95. The second kappa shape index (κ2) is 3.92. The van der Waals surface area contributed by atoms with Gasteiger partial charge in [0.25, 0.3) is 0 Å². The standard InChI is InChI=1S/C9H13N3O.ClH/c1-6-2-8(11-3-6)12-4-7(5-12)9(10)13;/h2-3,7,11H,4-5H2,1H3,(H2,10,13);1H. The van der Waals surface area contributed by atoms with Crippen molar-refractivity contribution in [1.29, 1.82) is 0 Å². The lowest BCUT2D eigenvalue weighted by atomic mass is 10.00. The van der Waals surface area contributed by atoms with Crippen LogP contribution < -0.4 is 10.6 Å². The van der Waals surface area contributed by atoms with Gasteiger partial charge in [-0.3, -0.25) is 4.79 Å². The highest BCUT2D eigenvalue weighted by molar-refractivity contribution is 5.85. The van der Waals surface area contributed by atoms with Crippen molar-refractivity contribution < 1.29 is 4.79 Å². The minimum Gasteiger partial charge on any atom is -0.369 e. The van der Waals surface area contributed by atoms with Crippen LogP contribution in [-0.2, 0) is 4.79 Å². The smallest absolute Gasteiger partial charge is 0.224 e. The molecule has 0 aliphatic carbocycles. The summed E-state index contributed by atoms with van der Waals surface area (Å²) in [7, 11) is 0. The molecule has 5 heteroatoms. The number of primary amides is 1. The van der Waals surface area contributed by atoms with E-state index in [1.165, 1.54) is 5.56 Å². The van der Waals surface area contributed by atoms with Crippen LogP contribution in [0, 0.1) is 12.8 Å². The molecule has 0 saturated carbocycles. The van der Waals surface area contributed by atoms with Crippen LogP contribution in [0.15, 0.2) is 12.3 Å². The van der Waals surface area contributed by atoms with Crippen molar-refractivity contribution in [3.05, 3.63) is 17.8 Å². The number of anilines is 1. The molecule has 0 unspecified atom stereocenters. The summed E-state index contributed by atoms with van der Waals surface area (Å²) in [6, 6.07) is 2.07. The van der Waals surface area contributed by atoms with Gasteiger partial charge in [-0.15, -0.1) is 12.4 Å². The van der Waals surface area contributed by atoms with Crippen molar-refractivity contribution in [2.24, 2.45) is 11.7 Å². The topological polar surface area (TPSA) is 62.1 Å². The number of amides is 1. The Labute approximate surface area is 88.9 Å². The minimum atomic E-state index is -0.195. The van der Waals surface area contributed by atoms with Gasteiger partial charge in [-0.05, 0) is 18.6 Å². The fourth-order valence-corrected chi connectivity index (χ4v) is 1.52.